The summed E-state index contributed by atoms with van der Waals surface area (Å²) in [5, 5.41) is 10.1. The Labute approximate surface area is 114 Å². The first-order valence-electron chi connectivity index (χ1n) is 7.71. The van der Waals surface area contributed by atoms with Crippen LogP contribution >= 0.6 is 0 Å². The van der Waals surface area contributed by atoms with Crippen LogP contribution in [-0.4, -0.2) is 60.3 Å². The molecule has 0 bridgehead atoms. The van der Waals surface area contributed by atoms with E-state index >= 15 is 0 Å². The molecule has 0 fully saturated rings. The quantitative estimate of drug-likeness (QED) is 0.617. The SMILES string of the molecule is CCC(C)C(O)CN(CC)CCCN(CC)CC. The molecule has 2 atom stereocenters. The molecule has 0 heterocycles. The molecule has 0 amide bonds. The second kappa shape index (κ2) is 10.8. The van der Waals surface area contributed by atoms with Crippen molar-refractivity contribution >= 4 is 0 Å². The maximum Gasteiger partial charge on any atom is 0.0692 e. The molecule has 0 aromatic heterocycles. The summed E-state index contributed by atoms with van der Waals surface area (Å²) in [7, 11) is 0. The smallest absolute Gasteiger partial charge is 0.0692 e. The van der Waals surface area contributed by atoms with Crippen molar-refractivity contribution in [3.63, 3.8) is 0 Å². The van der Waals surface area contributed by atoms with Gasteiger partial charge in [-0.1, -0.05) is 41.0 Å². The van der Waals surface area contributed by atoms with E-state index in [-0.39, 0.29) is 6.10 Å². The van der Waals surface area contributed by atoms with Crippen LogP contribution < -0.4 is 0 Å². The molecule has 0 spiro atoms. The molecule has 3 nitrogen and oxygen atoms in total. The van der Waals surface area contributed by atoms with Crippen molar-refractivity contribution in [3.05, 3.63) is 0 Å². The minimum absolute atomic E-state index is 0.177. The molecule has 0 rings (SSSR count). The van der Waals surface area contributed by atoms with E-state index in [1.807, 2.05) is 0 Å². The second-order valence-electron chi connectivity index (χ2n) is 5.23. The highest BCUT2D eigenvalue weighted by Gasteiger charge is 2.15. The van der Waals surface area contributed by atoms with Gasteiger partial charge in [0.1, 0.15) is 0 Å². The maximum atomic E-state index is 10.1. The van der Waals surface area contributed by atoms with Crippen molar-refractivity contribution < 1.29 is 5.11 Å². The van der Waals surface area contributed by atoms with E-state index in [2.05, 4.69) is 44.4 Å². The Balaban J connectivity index is 3.89. The van der Waals surface area contributed by atoms with E-state index < -0.39 is 0 Å². The van der Waals surface area contributed by atoms with E-state index in [1.165, 1.54) is 13.0 Å². The summed E-state index contributed by atoms with van der Waals surface area (Å²) in [6.45, 7) is 17.3. The monoisotopic (exact) mass is 258 g/mol. The minimum atomic E-state index is -0.177. The van der Waals surface area contributed by atoms with Gasteiger partial charge in [-0.25, -0.2) is 0 Å². The molecule has 0 saturated heterocycles. The van der Waals surface area contributed by atoms with E-state index in [1.54, 1.807) is 0 Å². The van der Waals surface area contributed by atoms with Crippen molar-refractivity contribution in [2.24, 2.45) is 5.92 Å². The number of aliphatic hydroxyl groups is 1. The summed E-state index contributed by atoms with van der Waals surface area (Å²) in [5.74, 6) is 0.404. The molecule has 1 N–H and O–H groups in total. The third-order valence-corrected chi connectivity index (χ3v) is 4.04. The van der Waals surface area contributed by atoms with Crippen LogP contribution in [0.3, 0.4) is 0 Å². The van der Waals surface area contributed by atoms with Crippen LogP contribution in [0.5, 0.6) is 0 Å². The number of likely N-dealkylation sites (N-methyl/N-ethyl adjacent to an activating group) is 1. The molecule has 110 valence electrons. The number of hydrogen-bond donors (Lipinski definition) is 1. The zero-order chi connectivity index (χ0) is 14.0. The fraction of sp³-hybridized carbons (Fsp3) is 1.00. The number of hydrogen-bond acceptors (Lipinski definition) is 3. The van der Waals surface area contributed by atoms with Crippen LogP contribution in [0.2, 0.25) is 0 Å². The topological polar surface area (TPSA) is 26.7 Å². The van der Waals surface area contributed by atoms with Crippen LogP contribution in [0, 0.1) is 5.92 Å². The normalized spacial score (nSPS) is 15.3. The third-order valence-electron chi connectivity index (χ3n) is 4.04. The van der Waals surface area contributed by atoms with Gasteiger partial charge in [-0.05, 0) is 45.1 Å². The van der Waals surface area contributed by atoms with Gasteiger partial charge in [-0.3, -0.25) is 0 Å². The Morgan fingerprint density at radius 1 is 0.889 bits per heavy atom. The molecule has 0 radical (unpaired) electrons. The Morgan fingerprint density at radius 3 is 1.83 bits per heavy atom. The summed E-state index contributed by atoms with van der Waals surface area (Å²) in [6.07, 6.45) is 2.07. The van der Waals surface area contributed by atoms with Crippen LogP contribution in [0.15, 0.2) is 0 Å². The van der Waals surface area contributed by atoms with E-state index in [4.69, 9.17) is 0 Å². The molecule has 3 heteroatoms. The molecular formula is C15H34N2O. The molecule has 18 heavy (non-hydrogen) atoms. The highest BCUT2D eigenvalue weighted by molar-refractivity contribution is 4.69. The first-order valence-corrected chi connectivity index (χ1v) is 7.71. The Hall–Kier alpha value is -0.120. The second-order valence-corrected chi connectivity index (χ2v) is 5.23. The lowest BCUT2D eigenvalue weighted by molar-refractivity contribution is 0.0687. The van der Waals surface area contributed by atoms with Crippen molar-refractivity contribution in [3.8, 4) is 0 Å². The fourth-order valence-corrected chi connectivity index (χ4v) is 2.15. The summed E-state index contributed by atoms with van der Waals surface area (Å²) in [5.41, 5.74) is 0. The average molecular weight is 258 g/mol. The first kappa shape index (κ1) is 17.9. The van der Waals surface area contributed by atoms with Crippen LogP contribution in [0.1, 0.15) is 47.5 Å². The zero-order valence-corrected chi connectivity index (χ0v) is 13.2. The molecule has 0 aliphatic heterocycles. The molecule has 2 unspecified atom stereocenters. The summed E-state index contributed by atoms with van der Waals surface area (Å²) in [6, 6.07) is 0. The first-order chi connectivity index (χ1) is 8.58. The van der Waals surface area contributed by atoms with Crippen molar-refractivity contribution in [1.82, 2.24) is 9.80 Å². The predicted molar refractivity (Wildman–Crippen MR) is 80.0 cm³/mol. The van der Waals surface area contributed by atoms with Crippen LogP contribution in [-0.2, 0) is 0 Å². The molecular weight excluding hydrogens is 224 g/mol. The van der Waals surface area contributed by atoms with Gasteiger partial charge < -0.3 is 14.9 Å². The molecule has 0 aliphatic carbocycles. The van der Waals surface area contributed by atoms with Gasteiger partial charge in [-0.2, -0.15) is 0 Å². The lowest BCUT2D eigenvalue weighted by atomic mass is 10.0. The lowest BCUT2D eigenvalue weighted by Crippen LogP contribution is -2.37. The Kier molecular flexibility index (Phi) is 10.7. The fourth-order valence-electron chi connectivity index (χ4n) is 2.15. The van der Waals surface area contributed by atoms with Gasteiger partial charge >= 0.3 is 0 Å². The number of aliphatic hydroxyl groups excluding tert-OH is 1. The van der Waals surface area contributed by atoms with Gasteiger partial charge in [0.05, 0.1) is 6.10 Å². The minimum Gasteiger partial charge on any atom is -0.392 e. The number of nitrogens with zero attached hydrogens (tertiary/aromatic N) is 2. The summed E-state index contributed by atoms with van der Waals surface area (Å²) < 4.78 is 0. The highest BCUT2D eigenvalue weighted by Crippen LogP contribution is 2.09. The molecule has 0 aliphatic rings. The highest BCUT2D eigenvalue weighted by atomic mass is 16.3. The van der Waals surface area contributed by atoms with Crippen LogP contribution in [0.4, 0.5) is 0 Å². The van der Waals surface area contributed by atoms with Gasteiger partial charge in [0.25, 0.3) is 0 Å². The van der Waals surface area contributed by atoms with E-state index in [0.717, 1.165) is 39.1 Å². The van der Waals surface area contributed by atoms with Crippen LogP contribution in [0.25, 0.3) is 0 Å². The van der Waals surface area contributed by atoms with Crippen molar-refractivity contribution in [2.75, 3.05) is 39.3 Å². The van der Waals surface area contributed by atoms with Gasteiger partial charge in [-0.15, -0.1) is 0 Å². The average Bonchev–Trinajstić information content (AvgIpc) is 2.40. The predicted octanol–water partition coefficient (Wildman–Crippen LogP) is 2.45. The van der Waals surface area contributed by atoms with E-state index in [0.29, 0.717) is 5.92 Å². The molecule has 0 aromatic carbocycles. The van der Waals surface area contributed by atoms with Gasteiger partial charge in [0.15, 0.2) is 0 Å². The zero-order valence-electron chi connectivity index (χ0n) is 13.2. The lowest BCUT2D eigenvalue weighted by Gasteiger charge is -2.27. The van der Waals surface area contributed by atoms with Crippen molar-refractivity contribution in [1.29, 1.82) is 0 Å². The maximum absolute atomic E-state index is 10.1. The standard InChI is InChI=1S/C15H34N2O/c1-6-14(5)15(18)13-17(9-4)12-10-11-16(7-2)8-3/h14-15,18H,6-13H2,1-5H3. The van der Waals surface area contributed by atoms with Crippen molar-refractivity contribution in [2.45, 2.75) is 53.6 Å². The Morgan fingerprint density at radius 2 is 1.39 bits per heavy atom. The molecule has 0 aromatic rings. The summed E-state index contributed by atoms with van der Waals surface area (Å²) in [4.78, 5) is 4.83. The van der Waals surface area contributed by atoms with E-state index in [9.17, 15) is 5.11 Å². The third kappa shape index (κ3) is 7.34. The van der Waals surface area contributed by atoms with Gasteiger partial charge in [0, 0.05) is 6.54 Å². The summed E-state index contributed by atoms with van der Waals surface area (Å²) >= 11 is 0. The van der Waals surface area contributed by atoms with Gasteiger partial charge in [0.2, 0.25) is 0 Å². The largest absolute Gasteiger partial charge is 0.392 e. The number of rotatable bonds is 11. The Bertz CT molecular complexity index is 183. The molecule has 0 saturated carbocycles.